The fraction of sp³-hybridized carbons (Fsp3) is 0.500. The molecule has 0 aliphatic carbocycles. The first-order chi connectivity index (χ1) is 12.5. The normalized spacial score (nSPS) is 20.3. The summed E-state index contributed by atoms with van der Waals surface area (Å²) in [4.78, 5) is 13.8. The third-order valence-electron chi connectivity index (χ3n) is 5.66. The molecule has 138 valence electrons. The molecule has 1 aromatic carbocycles. The number of piperidine rings is 1. The van der Waals surface area contributed by atoms with E-state index in [1.807, 2.05) is 6.20 Å². The summed E-state index contributed by atoms with van der Waals surface area (Å²) in [5.41, 5.74) is 5.91. The first kappa shape index (κ1) is 17.2. The first-order valence-corrected chi connectivity index (χ1v) is 9.28. The van der Waals surface area contributed by atoms with Crippen molar-refractivity contribution in [2.24, 2.45) is 0 Å². The molecule has 3 heterocycles. The van der Waals surface area contributed by atoms with Crippen LogP contribution in [0.3, 0.4) is 0 Å². The molecule has 0 radical (unpaired) electrons. The summed E-state index contributed by atoms with van der Waals surface area (Å²) in [7, 11) is 0. The molecule has 2 aliphatic rings. The number of aromatic nitrogens is 2. The lowest BCUT2D eigenvalue weighted by atomic mass is 9.89. The van der Waals surface area contributed by atoms with E-state index in [0.29, 0.717) is 6.54 Å². The van der Waals surface area contributed by atoms with E-state index in [0.717, 1.165) is 38.2 Å². The zero-order valence-corrected chi connectivity index (χ0v) is 15.5. The number of benzene rings is 1. The van der Waals surface area contributed by atoms with E-state index in [4.69, 9.17) is 4.74 Å². The van der Waals surface area contributed by atoms with Gasteiger partial charge < -0.3 is 10.1 Å². The van der Waals surface area contributed by atoms with Crippen LogP contribution in [0.1, 0.15) is 29.5 Å². The second kappa shape index (κ2) is 6.85. The van der Waals surface area contributed by atoms with Crippen molar-refractivity contribution in [3.05, 3.63) is 41.1 Å². The molecule has 2 aliphatic heterocycles. The largest absolute Gasteiger partial charge is 0.363 e. The van der Waals surface area contributed by atoms with Crippen molar-refractivity contribution in [1.82, 2.24) is 20.4 Å². The minimum Gasteiger partial charge on any atom is -0.363 e. The van der Waals surface area contributed by atoms with Crippen molar-refractivity contribution in [3.63, 3.8) is 0 Å². The number of ether oxygens (including phenoxy) is 1. The van der Waals surface area contributed by atoms with Gasteiger partial charge in [0.05, 0.1) is 17.5 Å². The van der Waals surface area contributed by atoms with E-state index in [1.165, 1.54) is 22.3 Å². The smallest absolute Gasteiger partial charge is 0.246 e. The number of aromatic amines is 1. The summed E-state index contributed by atoms with van der Waals surface area (Å²) in [5.74, 6) is -0.00498. The number of H-pyrrole nitrogens is 1. The number of hydrogen-bond donors (Lipinski definition) is 2. The number of rotatable bonds is 3. The predicted molar refractivity (Wildman–Crippen MR) is 99.7 cm³/mol. The average molecular weight is 354 g/mol. The van der Waals surface area contributed by atoms with Gasteiger partial charge in [-0.2, -0.15) is 5.10 Å². The van der Waals surface area contributed by atoms with Crippen molar-refractivity contribution in [1.29, 1.82) is 0 Å². The van der Waals surface area contributed by atoms with E-state index in [-0.39, 0.29) is 18.1 Å². The Balaban J connectivity index is 1.44. The third-order valence-corrected chi connectivity index (χ3v) is 5.66. The monoisotopic (exact) mass is 354 g/mol. The Kier molecular flexibility index (Phi) is 4.54. The summed E-state index contributed by atoms with van der Waals surface area (Å²) in [6.45, 7) is 7.89. The third kappa shape index (κ3) is 3.39. The van der Waals surface area contributed by atoms with Crippen LogP contribution < -0.4 is 5.32 Å². The van der Waals surface area contributed by atoms with Gasteiger partial charge in [0.25, 0.3) is 0 Å². The van der Waals surface area contributed by atoms with Crippen LogP contribution in [0.4, 0.5) is 0 Å². The van der Waals surface area contributed by atoms with E-state index in [2.05, 4.69) is 52.5 Å². The van der Waals surface area contributed by atoms with Gasteiger partial charge in [0.1, 0.15) is 6.61 Å². The molecular weight excluding hydrogens is 328 g/mol. The number of carbonyl (C=O) groups is 1. The first-order valence-electron chi connectivity index (χ1n) is 9.28. The lowest BCUT2D eigenvalue weighted by Crippen LogP contribution is -2.57. The van der Waals surface area contributed by atoms with E-state index >= 15 is 0 Å². The van der Waals surface area contributed by atoms with Crippen LogP contribution in [-0.2, 0) is 16.1 Å². The summed E-state index contributed by atoms with van der Waals surface area (Å²) in [5, 5.41) is 10.4. The maximum Gasteiger partial charge on any atom is 0.246 e. The van der Waals surface area contributed by atoms with E-state index < -0.39 is 0 Å². The molecule has 0 saturated carbocycles. The van der Waals surface area contributed by atoms with Crippen molar-refractivity contribution < 1.29 is 9.53 Å². The van der Waals surface area contributed by atoms with Crippen molar-refractivity contribution >= 4 is 5.91 Å². The molecule has 2 N–H and O–H groups in total. The number of amides is 1. The molecule has 1 amide bonds. The van der Waals surface area contributed by atoms with Gasteiger partial charge in [-0.15, -0.1) is 0 Å². The summed E-state index contributed by atoms with van der Waals surface area (Å²) >= 11 is 0. The fourth-order valence-electron chi connectivity index (χ4n) is 3.93. The number of aryl methyl sites for hydroxylation is 2. The number of likely N-dealkylation sites (tertiary alicyclic amines) is 1. The molecule has 6 heteroatoms. The van der Waals surface area contributed by atoms with Crippen molar-refractivity contribution in [2.45, 2.75) is 38.8 Å². The Morgan fingerprint density at radius 1 is 1.27 bits per heavy atom. The van der Waals surface area contributed by atoms with Gasteiger partial charge in [-0.05, 0) is 38.3 Å². The highest BCUT2D eigenvalue weighted by Crippen LogP contribution is 2.31. The molecule has 2 saturated heterocycles. The molecule has 4 rings (SSSR count). The highest BCUT2D eigenvalue weighted by molar-refractivity contribution is 5.78. The van der Waals surface area contributed by atoms with Crippen LogP contribution >= 0.6 is 0 Å². The summed E-state index contributed by atoms with van der Waals surface area (Å²) in [6, 6.07) is 6.52. The second-order valence-electron chi connectivity index (χ2n) is 7.61. The standard InChI is InChI=1S/C20H26N4O2/c1-14-3-4-15(2)17(9-14)19-16(10-22-23-19)11-24-7-5-20(6-8-24)13-21-18(25)12-26-20/h3-4,9-10H,5-8,11-13H2,1-2H3,(H,21,25)(H,22,23). The van der Waals surface area contributed by atoms with Gasteiger partial charge >= 0.3 is 0 Å². The van der Waals surface area contributed by atoms with Crippen molar-refractivity contribution in [3.8, 4) is 11.3 Å². The Hall–Kier alpha value is -2.18. The lowest BCUT2D eigenvalue weighted by molar-refractivity contribution is -0.150. The molecule has 1 spiro atoms. The average Bonchev–Trinajstić information content (AvgIpc) is 3.10. The highest BCUT2D eigenvalue weighted by atomic mass is 16.5. The van der Waals surface area contributed by atoms with E-state index in [1.54, 1.807) is 0 Å². The van der Waals surface area contributed by atoms with Gasteiger partial charge in [0.15, 0.2) is 0 Å². The zero-order chi connectivity index (χ0) is 18.1. The Morgan fingerprint density at radius 2 is 2.08 bits per heavy atom. The fourth-order valence-corrected chi connectivity index (χ4v) is 3.93. The molecular formula is C20H26N4O2. The quantitative estimate of drug-likeness (QED) is 0.886. The van der Waals surface area contributed by atoms with Gasteiger partial charge in [0.2, 0.25) is 5.91 Å². The number of carbonyl (C=O) groups excluding carboxylic acids is 1. The number of nitrogens with one attached hydrogen (secondary N) is 2. The van der Waals surface area contributed by atoms with Gasteiger partial charge in [-0.1, -0.05) is 17.7 Å². The van der Waals surface area contributed by atoms with Gasteiger partial charge in [-0.25, -0.2) is 0 Å². The maximum atomic E-state index is 11.3. The molecule has 0 bridgehead atoms. The van der Waals surface area contributed by atoms with Crippen molar-refractivity contribution in [2.75, 3.05) is 26.2 Å². The van der Waals surface area contributed by atoms with Crippen LogP contribution in [0, 0.1) is 13.8 Å². The number of morpholine rings is 1. The minimum atomic E-state index is -0.170. The van der Waals surface area contributed by atoms with Crippen LogP contribution in [0.15, 0.2) is 24.4 Å². The molecule has 6 nitrogen and oxygen atoms in total. The molecule has 2 aromatic rings. The molecule has 0 atom stereocenters. The topological polar surface area (TPSA) is 70.2 Å². The SMILES string of the molecule is Cc1ccc(C)c(-c2[nH]ncc2CN2CCC3(CC2)CNC(=O)CO3)c1. The lowest BCUT2D eigenvalue weighted by Gasteiger charge is -2.43. The number of hydrogen-bond acceptors (Lipinski definition) is 4. The zero-order valence-electron chi connectivity index (χ0n) is 15.5. The van der Waals surface area contributed by atoms with E-state index in [9.17, 15) is 4.79 Å². The Labute approximate surface area is 153 Å². The number of nitrogens with zero attached hydrogens (tertiary/aromatic N) is 2. The van der Waals surface area contributed by atoms with Gasteiger partial charge in [0, 0.05) is 37.3 Å². The van der Waals surface area contributed by atoms with Crippen LogP contribution in [-0.4, -0.2) is 52.8 Å². The maximum absolute atomic E-state index is 11.3. The minimum absolute atomic E-state index is 0.00498. The van der Waals surface area contributed by atoms with Crippen LogP contribution in [0.2, 0.25) is 0 Å². The molecule has 1 aromatic heterocycles. The Morgan fingerprint density at radius 3 is 2.81 bits per heavy atom. The molecule has 26 heavy (non-hydrogen) atoms. The van der Waals surface area contributed by atoms with Crippen LogP contribution in [0.25, 0.3) is 11.3 Å². The second-order valence-corrected chi connectivity index (χ2v) is 7.61. The highest BCUT2D eigenvalue weighted by Gasteiger charge is 2.39. The summed E-state index contributed by atoms with van der Waals surface area (Å²) in [6.07, 6.45) is 3.84. The Bertz CT molecular complexity index is 794. The van der Waals surface area contributed by atoms with Gasteiger partial charge in [-0.3, -0.25) is 14.8 Å². The van der Waals surface area contributed by atoms with Crippen LogP contribution in [0.5, 0.6) is 0 Å². The molecule has 2 fully saturated rings. The molecule has 0 unspecified atom stereocenters. The summed E-state index contributed by atoms with van der Waals surface area (Å²) < 4.78 is 5.87. The predicted octanol–water partition coefficient (Wildman–Crippen LogP) is 2.17.